The van der Waals surface area contributed by atoms with Gasteiger partial charge in [0, 0.05) is 66.2 Å². The quantitative estimate of drug-likeness (QED) is 0.122. The fourth-order valence-electron chi connectivity index (χ4n) is 15.9. The monoisotopic (exact) mass is 1290 g/mol. The van der Waals surface area contributed by atoms with E-state index in [9.17, 15) is 0 Å². The minimum Gasteiger partial charge on any atom is -0.456 e. The summed E-state index contributed by atoms with van der Waals surface area (Å²) in [6.45, 7) is 0. The van der Waals surface area contributed by atoms with E-state index in [0.29, 0.717) is 0 Å². The number of anilines is 6. The van der Waals surface area contributed by atoms with Gasteiger partial charge in [0.05, 0.1) is 22.4 Å². The van der Waals surface area contributed by atoms with Gasteiger partial charge in [-0.15, -0.1) is 0 Å². The first-order valence-electron chi connectivity index (χ1n) is 34.4. The average molecular weight is 1290 g/mol. The zero-order valence-electron chi connectivity index (χ0n) is 54.8. The number of nitrogens with zero attached hydrogens (tertiary/aromatic N) is 2. The Morgan fingerprint density at radius 2 is 0.554 bits per heavy atom. The molecule has 0 saturated carbocycles. The Labute approximate surface area is 582 Å². The number of hydrogen-bond donors (Lipinski definition) is 0. The lowest BCUT2D eigenvalue weighted by Crippen LogP contribution is -2.11. The molecule has 5 nitrogen and oxygen atoms in total. The second-order valence-corrected chi connectivity index (χ2v) is 26.1. The van der Waals surface area contributed by atoms with Gasteiger partial charge in [0.25, 0.3) is 0 Å². The summed E-state index contributed by atoms with van der Waals surface area (Å²) in [7, 11) is 0. The molecule has 3 aromatic heterocycles. The first kappa shape index (κ1) is 57.7. The van der Waals surface area contributed by atoms with E-state index in [2.05, 4.69) is 356 Å². The van der Waals surface area contributed by atoms with Gasteiger partial charge in [0.15, 0.2) is 0 Å². The lowest BCUT2D eigenvalue weighted by atomic mass is 9.92. The van der Waals surface area contributed by atoms with Gasteiger partial charge >= 0.3 is 0 Å². The maximum atomic E-state index is 7.10. The molecule has 0 aliphatic carbocycles. The van der Waals surface area contributed by atoms with E-state index >= 15 is 0 Å². The highest BCUT2D eigenvalue weighted by molar-refractivity contribution is 6.17. The largest absolute Gasteiger partial charge is 0.456 e. The number of para-hydroxylation sites is 6. The molecule has 20 aromatic rings. The van der Waals surface area contributed by atoms with Gasteiger partial charge in [-0.05, 0) is 162 Å². The lowest BCUT2D eigenvalue weighted by molar-refractivity contribution is 0.668. The summed E-state index contributed by atoms with van der Waals surface area (Å²) in [4.78, 5) is 4.80. The van der Waals surface area contributed by atoms with Crippen LogP contribution in [0.5, 0.6) is 0 Å². The van der Waals surface area contributed by atoms with Crippen LogP contribution in [0, 0.1) is 0 Å². The fraction of sp³-hybridized carbons (Fsp3) is 0. The minimum absolute atomic E-state index is 0.828. The third kappa shape index (κ3) is 9.62. The molecule has 0 amide bonds. The van der Waals surface area contributed by atoms with Crippen LogP contribution in [0.25, 0.3) is 165 Å². The number of benzene rings is 17. The summed E-state index contributed by atoms with van der Waals surface area (Å²) in [6, 6.07) is 131. The fourth-order valence-corrected chi connectivity index (χ4v) is 15.9. The highest BCUT2D eigenvalue weighted by Gasteiger charge is 2.26. The molecule has 5 heteroatoms. The predicted molar refractivity (Wildman–Crippen MR) is 423 cm³/mol. The van der Waals surface area contributed by atoms with Crippen molar-refractivity contribution < 1.29 is 13.3 Å². The summed E-state index contributed by atoms with van der Waals surface area (Å²) in [5.74, 6) is 0. The number of hydrogen-bond acceptors (Lipinski definition) is 5. The molecule has 17 aromatic carbocycles. The van der Waals surface area contributed by atoms with Crippen LogP contribution >= 0.6 is 0 Å². The van der Waals surface area contributed by atoms with Gasteiger partial charge in [0.1, 0.15) is 33.5 Å². The molecule has 20 rings (SSSR count). The molecule has 0 aliphatic heterocycles. The highest BCUT2D eigenvalue weighted by Crippen LogP contribution is 2.51. The average Bonchev–Trinajstić information content (AvgIpc) is 1.70. The molecule has 0 spiro atoms. The zero-order chi connectivity index (χ0) is 66.5. The standard InChI is InChI=1S/C96H60N2O3/c1-3-27-70-61(21-1)23-14-33-72(70)63-49-54-67(55-50-63)97(69-26-13-25-65(59-69)74-34-15-24-62-22-2-4-28-71(62)74)87-43-9-5-29-78(87)81-40-19-42-84-86-60-66(53-58-92(86)101-96(81)84)75-36-17-37-76-73(35-16-38-77(75)76)64-51-56-68(57-52-64)98(89-45-20-48-93-94(89)85-32-8-12-47-91(85)99-93)88-44-10-6-30-79(88)82-39-18-41-83-80-31-7-11-46-90(80)100-95(82)83/h1-60H. The molecule has 0 atom stereocenters. The van der Waals surface area contributed by atoms with Crippen LogP contribution in [0.1, 0.15) is 0 Å². The summed E-state index contributed by atoms with van der Waals surface area (Å²) >= 11 is 0. The van der Waals surface area contributed by atoms with Crippen LogP contribution in [0.4, 0.5) is 34.1 Å². The van der Waals surface area contributed by atoms with Gasteiger partial charge < -0.3 is 23.1 Å². The minimum atomic E-state index is 0.828. The molecule has 0 bridgehead atoms. The number of furan rings is 3. The van der Waals surface area contributed by atoms with Crippen molar-refractivity contribution in [2.45, 2.75) is 0 Å². The van der Waals surface area contributed by atoms with E-state index in [1.807, 2.05) is 18.2 Å². The topological polar surface area (TPSA) is 45.9 Å². The maximum absolute atomic E-state index is 7.10. The van der Waals surface area contributed by atoms with Crippen LogP contribution in [0.2, 0.25) is 0 Å². The Bertz CT molecular complexity index is 6660. The zero-order valence-corrected chi connectivity index (χ0v) is 54.8. The second-order valence-electron chi connectivity index (χ2n) is 26.1. The van der Waals surface area contributed by atoms with Crippen molar-refractivity contribution in [2.75, 3.05) is 9.80 Å². The van der Waals surface area contributed by atoms with Gasteiger partial charge in [0.2, 0.25) is 0 Å². The van der Waals surface area contributed by atoms with E-state index in [-0.39, 0.29) is 0 Å². The van der Waals surface area contributed by atoms with Gasteiger partial charge in [-0.3, -0.25) is 0 Å². The van der Waals surface area contributed by atoms with E-state index in [1.165, 1.54) is 43.4 Å². The van der Waals surface area contributed by atoms with E-state index < -0.39 is 0 Å². The molecule has 3 heterocycles. The first-order chi connectivity index (χ1) is 50.1. The summed E-state index contributed by atoms with van der Waals surface area (Å²) in [6.07, 6.45) is 0. The highest BCUT2D eigenvalue weighted by atomic mass is 16.3. The Balaban J connectivity index is 0.678. The maximum Gasteiger partial charge on any atom is 0.143 e. The molecule has 0 fully saturated rings. The van der Waals surface area contributed by atoms with Gasteiger partial charge in [-0.25, -0.2) is 0 Å². The van der Waals surface area contributed by atoms with Crippen molar-refractivity contribution in [3.8, 4) is 66.8 Å². The Morgan fingerprint density at radius 1 is 0.178 bits per heavy atom. The Kier molecular flexibility index (Phi) is 13.5. The van der Waals surface area contributed by atoms with Crippen LogP contribution in [0.3, 0.4) is 0 Å². The van der Waals surface area contributed by atoms with Crippen LogP contribution in [-0.4, -0.2) is 0 Å². The molecule has 0 aliphatic rings. The van der Waals surface area contributed by atoms with Crippen LogP contribution < -0.4 is 9.80 Å². The number of fused-ring (bicyclic) bond motifs is 12. The lowest BCUT2D eigenvalue weighted by Gasteiger charge is -2.28. The molecule has 472 valence electrons. The van der Waals surface area contributed by atoms with Crippen molar-refractivity contribution in [2.24, 2.45) is 0 Å². The smallest absolute Gasteiger partial charge is 0.143 e. The van der Waals surface area contributed by atoms with Crippen molar-refractivity contribution in [1.82, 2.24) is 0 Å². The Hall–Kier alpha value is -13.5. The summed E-state index contributed by atoms with van der Waals surface area (Å²) in [5.41, 5.74) is 24.6. The van der Waals surface area contributed by atoms with Crippen molar-refractivity contribution in [3.63, 3.8) is 0 Å². The van der Waals surface area contributed by atoms with Crippen molar-refractivity contribution >= 4 is 132 Å². The molecule has 0 radical (unpaired) electrons. The normalized spacial score (nSPS) is 11.8. The molecule has 101 heavy (non-hydrogen) atoms. The van der Waals surface area contributed by atoms with E-state index in [0.717, 1.165) is 156 Å². The first-order valence-corrected chi connectivity index (χ1v) is 34.4. The van der Waals surface area contributed by atoms with Gasteiger partial charge in [-0.1, -0.05) is 279 Å². The van der Waals surface area contributed by atoms with E-state index in [1.54, 1.807) is 0 Å². The Morgan fingerprint density at radius 3 is 1.19 bits per heavy atom. The van der Waals surface area contributed by atoms with Crippen LogP contribution in [0.15, 0.2) is 377 Å². The van der Waals surface area contributed by atoms with Crippen molar-refractivity contribution in [1.29, 1.82) is 0 Å². The second kappa shape index (κ2) is 23.7. The van der Waals surface area contributed by atoms with E-state index in [4.69, 9.17) is 13.3 Å². The number of rotatable bonds is 12. The third-order valence-corrected chi connectivity index (χ3v) is 20.5. The van der Waals surface area contributed by atoms with Crippen LogP contribution in [-0.2, 0) is 0 Å². The summed E-state index contributed by atoms with van der Waals surface area (Å²) in [5, 5.41) is 13.6. The van der Waals surface area contributed by atoms with Gasteiger partial charge in [-0.2, -0.15) is 0 Å². The molecule has 0 N–H and O–H groups in total. The SMILES string of the molecule is c1cc(-c2cccc3ccccc23)cc(N(c2ccc(-c3cccc4ccccc34)cc2)c2ccccc2-c2cccc3c2oc2ccc(-c4cccc5c(-c6ccc(N(c7ccccc7-c7cccc8c7oc7ccccc78)c7cccc8oc9ccccc9c78)cc6)cccc45)cc23)c1. The predicted octanol–water partition coefficient (Wildman–Crippen LogP) is 27.8. The molecular formula is C96H60N2O3. The molecular weight excluding hydrogens is 1230 g/mol. The summed E-state index contributed by atoms with van der Waals surface area (Å²) < 4.78 is 20.4. The third-order valence-electron chi connectivity index (χ3n) is 20.5. The molecule has 0 saturated heterocycles. The molecule has 0 unspecified atom stereocenters. The van der Waals surface area contributed by atoms with Crippen molar-refractivity contribution in [3.05, 3.63) is 364 Å².